The maximum atomic E-state index is 12.3. The van der Waals surface area contributed by atoms with E-state index >= 15 is 0 Å². The van der Waals surface area contributed by atoms with E-state index in [9.17, 15) is 8.78 Å². The molecule has 0 radical (unpaired) electrons. The minimum Gasteiger partial charge on any atom is -0.369 e. The van der Waals surface area contributed by atoms with Crippen LogP contribution in [0, 0.1) is 0 Å². The number of nitrogens with zero attached hydrogens (tertiary/aromatic N) is 1. The van der Waals surface area contributed by atoms with Crippen LogP contribution in [0.1, 0.15) is 24.9 Å². The molecule has 1 atom stereocenters. The average Bonchev–Trinajstić information content (AvgIpc) is 2.27. The Kier molecular flexibility index (Phi) is 4.68. The molecule has 0 aliphatic rings. The van der Waals surface area contributed by atoms with E-state index in [2.05, 4.69) is 0 Å². The molecule has 0 heterocycles. The number of para-hydroxylation sites is 1. The van der Waals surface area contributed by atoms with E-state index in [1.165, 1.54) is 0 Å². The number of hydrogen-bond acceptors (Lipinski definition) is 2. The summed E-state index contributed by atoms with van der Waals surface area (Å²) < 4.78 is 24.6. The molecular weight excluding hydrogens is 210 g/mol. The highest BCUT2D eigenvalue weighted by Gasteiger charge is 2.14. The smallest absolute Gasteiger partial charge is 0.255 e. The maximum Gasteiger partial charge on any atom is 0.255 e. The van der Waals surface area contributed by atoms with E-state index in [4.69, 9.17) is 5.73 Å². The van der Waals surface area contributed by atoms with E-state index < -0.39 is 6.43 Å². The fraction of sp³-hybridized carbons (Fsp3) is 0.500. The van der Waals surface area contributed by atoms with Crippen LogP contribution in [0.15, 0.2) is 24.3 Å². The molecule has 1 aromatic rings. The lowest BCUT2D eigenvalue weighted by Crippen LogP contribution is -2.26. The molecule has 2 N–H and O–H groups in total. The van der Waals surface area contributed by atoms with E-state index in [1.54, 1.807) is 11.9 Å². The molecule has 4 heteroatoms. The quantitative estimate of drug-likeness (QED) is 0.839. The third kappa shape index (κ3) is 3.17. The van der Waals surface area contributed by atoms with Crippen LogP contribution < -0.4 is 10.6 Å². The Balaban J connectivity index is 2.93. The van der Waals surface area contributed by atoms with Gasteiger partial charge < -0.3 is 10.6 Å². The van der Waals surface area contributed by atoms with E-state index in [1.807, 2.05) is 31.2 Å². The number of hydrogen-bond donors (Lipinski definition) is 1. The molecule has 0 amide bonds. The van der Waals surface area contributed by atoms with Gasteiger partial charge in [0.2, 0.25) is 0 Å². The Bertz CT molecular complexity index is 329. The number of rotatable bonds is 5. The summed E-state index contributed by atoms with van der Waals surface area (Å²) in [6.07, 6.45) is -1.55. The first kappa shape index (κ1) is 12.9. The van der Waals surface area contributed by atoms with Gasteiger partial charge in [0.25, 0.3) is 6.43 Å². The van der Waals surface area contributed by atoms with Gasteiger partial charge in [0, 0.05) is 18.8 Å². The number of alkyl halides is 2. The summed E-state index contributed by atoms with van der Waals surface area (Å²) in [4.78, 5) is 1.55. The standard InChI is InChI=1S/C12H18F2N2/c1-3-10(15)9-6-4-5-7-11(9)16(2)8-12(13)14/h4-7,10,12H,3,8,15H2,1-2H3. The molecule has 0 spiro atoms. The van der Waals surface area contributed by atoms with Crippen LogP contribution in [0.25, 0.3) is 0 Å². The minimum atomic E-state index is -2.34. The molecule has 1 aromatic carbocycles. The van der Waals surface area contributed by atoms with Crippen molar-refractivity contribution >= 4 is 5.69 Å². The Labute approximate surface area is 95.1 Å². The summed E-state index contributed by atoms with van der Waals surface area (Å²) >= 11 is 0. The van der Waals surface area contributed by atoms with Crippen molar-refractivity contribution < 1.29 is 8.78 Å². The second kappa shape index (κ2) is 5.80. The van der Waals surface area contributed by atoms with Crippen molar-refractivity contribution in [1.29, 1.82) is 0 Å². The molecule has 0 saturated carbocycles. The Morgan fingerprint density at radius 3 is 2.50 bits per heavy atom. The summed E-state index contributed by atoms with van der Waals surface area (Å²) in [7, 11) is 1.66. The van der Waals surface area contributed by atoms with Crippen molar-refractivity contribution in [3.63, 3.8) is 0 Å². The highest BCUT2D eigenvalue weighted by molar-refractivity contribution is 5.54. The Hall–Kier alpha value is -1.16. The van der Waals surface area contributed by atoms with Crippen molar-refractivity contribution in [1.82, 2.24) is 0 Å². The summed E-state index contributed by atoms with van der Waals surface area (Å²) in [5.74, 6) is 0. The van der Waals surface area contributed by atoms with Crippen molar-refractivity contribution in [3.8, 4) is 0 Å². The van der Waals surface area contributed by atoms with Crippen LogP contribution in [0.5, 0.6) is 0 Å². The van der Waals surface area contributed by atoms with Gasteiger partial charge >= 0.3 is 0 Å². The molecule has 16 heavy (non-hydrogen) atoms. The highest BCUT2D eigenvalue weighted by atomic mass is 19.3. The van der Waals surface area contributed by atoms with E-state index in [0.29, 0.717) is 0 Å². The first-order chi connectivity index (χ1) is 7.56. The molecule has 0 aliphatic carbocycles. The van der Waals surface area contributed by atoms with Crippen molar-refractivity contribution in [2.24, 2.45) is 5.73 Å². The van der Waals surface area contributed by atoms with Crippen LogP contribution in [0.3, 0.4) is 0 Å². The predicted molar refractivity (Wildman–Crippen MR) is 62.9 cm³/mol. The van der Waals surface area contributed by atoms with Gasteiger partial charge in [-0.2, -0.15) is 0 Å². The molecule has 0 saturated heterocycles. The van der Waals surface area contributed by atoms with Gasteiger partial charge in [0.05, 0.1) is 6.54 Å². The third-order valence-electron chi connectivity index (χ3n) is 2.60. The van der Waals surface area contributed by atoms with Crippen molar-refractivity contribution in [2.75, 3.05) is 18.5 Å². The molecule has 90 valence electrons. The molecule has 0 fully saturated rings. The van der Waals surface area contributed by atoms with Gasteiger partial charge in [-0.05, 0) is 18.1 Å². The van der Waals surface area contributed by atoms with Crippen LogP contribution in [-0.2, 0) is 0 Å². The highest BCUT2D eigenvalue weighted by Crippen LogP contribution is 2.26. The topological polar surface area (TPSA) is 29.3 Å². The lowest BCUT2D eigenvalue weighted by atomic mass is 10.0. The van der Waals surface area contributed by atoms with Gasteiger partial charge in [-0.15, -0.1) is 0 Å². The zero-order chi connectivity index (χ0) is 12.1. The fourth-order valence-corrected chi connectivity index (χ4v) is 1.67. The molecule has 2 nitrogen and oxygen atoms in total. The van der Waals surface area contributed by atoms with Crippen LogP contribution in [0.4, 0.5) is 14.5 Å². The molecule has 1 unspecified atom stereocenters. The monoisotopic (exact) mass is 228 g/mol. The summed E-state index contributed by atoms with van der Waals surface area (Å²) in [5.41, 5.74) is 7.66. The fourth-order valence-electron chi connectivity index (χ4n) is 1.67. The normalized spacial score (nSPS) is 12.9. The predicted octanol–water partition coefficient (Wildman–Crippen LogP) is 2.80. The van der Waals surface area contributed by atoms with Crippen molar-refractivity contribution in [2.45, 2.75) is 25.8 Å². The van der Waals surface area contributed by atoms with Crippen LogP contribution in [0.2, 0.25) is 0 Å². The minimum absolute atomic E-state index is 0.101. The van der Waals surface area contributed by atoms with Crippen LogP contribution in [-0.4, -0.2) is 20.0 Å². The van der Waals surface area contributed by atoms with Crippen molar-refractivity contribution in [3.05, 3.63) is 29.8 Å². The number of halogens is 2. The zero-order valence-corrected chi connectivity index (χ0v) is 9.66. The molecular formula is C12H18F2N2. The van der Waals surface area contributed by atoms with Gasteiger partial charge in [-0.25, -0.2) is 8.78 Å². The second-order valence-corrected chi connectivity index (χ2v) is 3.85. The number of benzene rings is 1. The molecule has 0 aliphatic heterocycles. The first-order valence-corrected chi connectivity index (χ1v) is 5.40. The lowest BCUT2D eigenvalue weighted by Gasteiger charge is -2.24. The third-order valence-corrected chi connectivity index (χ3v) is 2.60. The zero-order valence-electron chi connectivity index (χ0n) is 9.66. The van der Waals surface area contributed by atoms with Gasteiger partial charge in [-0.3, -0.25) is 0 Å². The SMILES string of the molecule is CCC(N)c1ccccc1N(C)CC(F)F. The summed E-state index contributed by atoms with van der Waals surface area (Å²) in [6, 6.07) is 7.34. The Morgan fingerprint density at radius 2 is 1.94 bits per heavy atom. The molecule has 1 rings (SSSR count). The van der Waals surface area contributed by atoms with E-state index in [0.717, 1.165) is 17.7 Å². The maximum absolute atomic E-state index is 12.3. The second-order valence-electron chi connectivity index (χ2n) is 3.85. The Morgan fingerprint density at radius 1 is 1.31 bits per heavy atom. The number of anilines is 1. The van der Waals surface area contributed by atoms with Crippen LogP contribution >= 0.6 is 0 Å². The largest absolute Gasteiger partial charge is 0.369 e. The van der Waals surface area contributed by atoms with E-state index in [-0.39, 0.29) is 12.6 Å². The van der Waals surface area contributed by atoms with Gasteiger partial charge in [0.1, 0.15) is 0 Å². The number of nitrogens with two attached hydrogens (primary N) is 1. The summed E-state index contributed by atoms with van der Waals surface area (Å²) in [5, 5.41) is 0. The summed E-state index contributed by atoms with van der Waals surface area (Å²) in [6.45, 7) is 1.71. The van der Waals surface area contributed by atoms with Gasteiger partial charge in [0.15, 0.2) is 0 Å². The first-order valence-electron chi connectivity index (χ1n) is 5.40. The average molecular weight is 228 g/mol. The molecule has 0 aromatic heterocycles. The molecule has 0 bridgehead atoms. The van der Waals surface area contributed by atoms with Gasteiger partial charge in [-0.1, -0.05) is 25.1 Å². The lowest BCUT2D eigenvalue weighted by molar-refractivity contribution is 0.156.